The van der Waals surface area contributed by atoms with E-state index in [1.807, 2.05) is 45.9 Å². The molecule has 0 aliphatic heterocycles. The molecule has 0 aliphatic carbocycles. The van der Waals surface area contributed by atoms with Crippen LogP contribution in [0.1, 0.15) is 40.2 Å². The maximum Gasteiger partial charge on any atom is 0.261 e. The zero-order valence-corrected chi connectivity index (χ0v) is 15.0. The number of rotatable bonds is 5. The smallest absolute Gasteiger partial charge is 0.261 e. The number of hydrogen-bond donors (Lipinski definition) is 2. The summed E-state index contributed by atoms with van der Waals surface area (Å²) in [5, 5.41) is 2.90. The first kappa shape index (κ1) is 18.0. The van der Waals surface area contributed by atoms with Gasteiger partial charge in [-0.2, -0.15) is 0 Å². The minimum Gasteiger partial charge on any atom is -0.480 e. The van der Waals surface area contributed by atoms with Crippen molar-refractivity contribution >= 4 is 21.8 Å². The van der Waals surface area contributed by atoms with Crippen LogP contribution in [0.25, 0.3) is 0 Å². The Morgan fingerprint density at radius 3 is 2.48 bits per heavy atom. The van der Waals surface area contributed by atoms with Crippen LogP contribution in [0, 0.1) is 0 Å². The minimum absolute atomic E-state index is 0.111. The summed E-state index contributed by atoms with van der Waals surface area (Å²) in [7, 11) is 0. The SMILES string of the molecule is CC(N)Cc1ccc(OC(C)C(=O)NC(C)(C)C)c(Br)c1. The van der Waals surface area contributed by atoms with Crippen molar-refractivity contribution in [3.8, 4) is 5.75 Å². The highest BCUT2D eigenvalue weighted by molar-refractivity contribution is 9.10. The second-order valence-corrected chi connectivity index (χ2v) is 7.30. The molecule has 2 unspecified atom stereocenters. The van der Waals surface area contributed by atoms with Crippen molar-refractivity contribution in [2.24, 2.45) is 5.73 Å². The molecule has 5 heteroatoms. The monoisotopic (exact) mass is 356 g/mol. The van der Waals surface area contributed by atoms with Crippen LogP contribution in [0.5, 0.6) is 5.75 Å². The van der Waals surface area contributed by atoms with Gasteiger partial charge in [0.1, 0.15) is 5.75 Å². The molecule has 0 aromatic heterocycles. The van der Waals surface area contributed by atoms with Gasteiger partial charge >= 0.3 is 0 Å². The second-order valence-electron chi connectivity index (χ2n) is 6.45. The summed E-state index contributed by atoms with van der Waals surface area (Å²) in [4.78, 5) is 12.0. The van der Waals surface area contributed by atoms with Crippen LogP contribution in [-0.4, -0.2) is 23.6 Å². The Kier molecular flexibility index (Phi) is 6.23. The van der Waals surface area contributed by atoms with Crippen LogP contribution in [-0.2, 0) is 11.2 Å². The van der Waals surface area contributed by atoms with E-state index in [0.29, 0.717) is 5.75 Å². The Balaban J connectivity index is 2.72. The van der Waals surface area contributed by atoms with Crippen LogP contribution in [0.3, 0.4) is 0 Å². The molecule has 1 aromatic rings. The topological polar surface area (TPSA) is 64.3 Å². The molecule has 0 spiro atoms. The third-order valence-electron chi connectivity index (χ3n) is 2.73. The van der Waals surface area contributed by atoms with E-state index in [2.05, 4.69) is 21.2 Å². The Bertz CT molecular complexity index is 496. The molecule has 1 rings (SSSR count). The van der Waals surface area contributed by atoms with Gasteiger partial charge in [0.25, 0.3) is 5.91 Å². The number of amides is 1. The molecule has 0 radical (unpaired) electrons. The van der Waals surface area contributed by atoms with Gasteiger partial charge in [0.05, 0.1) is 4.47 Å². The fourth-order valence-corrected chi connectivity index (χ4v) is 2.37. The van der Waals surface area contributed by atoms with Crippen LogP contribution in [0.2, 0.25) is 0 Å². The van der Waals surface area contributed by atoms with Crippen molar-refractivity contribution < 1.29 is 9.53 Å². The fraction of sp³-hybridized carbons (Fsp3) is 0.562. The third kappa shape index (κ3) is 6.48. The summed E-state index contributed by atoms with van der Waals surface area (Å²) in [5.74, 6) is 0.522. The van der Waals surface area contributed by atoms with E-state index < -0.39 is 6.10 Å². The molecule has 3 N–H and O–H groups in total. The molecule has 21 heavy (non-hydrogen) atoms. The van der Waals surface area contributed by atoms with Gasteiger partial charge in [-0.05, 0) is 74.7 Å². The highest BCUT2D eigenvalue weighted by atomic mass is 79.9. The Morgan fingerprint density at radius 1 is 1.38 bits per heavy atom. The maximum atomic E-state index is 12.0. The lowest BCUT2D eigenvalue weighted by atomic mass is 10.1. The Labute approximate surface area is 135 Å². The Morgan fingerprint density at radius 2 is 2.00 bits per heavy atom. The number of nitrogens with two attached hydrogens (primary N) is 1. The molecule has 0 saturated heterocycles. The summed E-state index contributed by atoms with van der Waals surface area (Å²) in [6, 6.07) is 5.92. The second kappa shape index (κ2) is 7.27. The van der Waals surface area contributed by atoms with Gasteiger partial charge in [-0.1, -0.05) is 6.07 Å². The molecule has 0 bridgehead atoms. The van der Waals surface area contributed by atoms with Gasteiger partial charge < -0.3 is 15.8 Å². The van der Waals surface area contributed by atoms with Crippen molar-refractivity contribution in [2.75, 3.05) is 0 Å². The number of hydrogen-bond acceptors (Lipinski definition) is 3. The molecule has 0 heterocycles. The van der Waals surface area contributed by atoms with Crippen molar-refractivity contribution in [3.63, 3.8) is 0 Å². The quantitative estimate of drug-likeness (QED) is 0.852. The van der Waals surface area contributed by atoms with Gasteiger partial charge in [-0.25, -0.2) is 0 Å². The molecule has 0 aliphatic rings. The molecule has 118 valence electrons. The summed E-state index contributed by atoms with van der Waals surface area (Å²) >= 11 is 3.48. The van der Waals surface area contributed by atoms with Gasteiger partial charge in [-0.15, -0.1) is 0 Å². The molecule has 0 saturated carbocycles. The number of carbonyl (C=O) groups excluding carboxylic acids is 1. The van der Waals surface area contributed by atoms with E-state index in [1.54, 1.807) is 6.92 Å². The molecule has 0 fully saturated rings. The first-order valence-corrected chi connectivity index (χ1v) is 7.90. The number of halogens is 1. The van der Waals surface area contributed by atoms with Gasteiger partial charge in [0.15, 0.2) is 6.10 Å². The molecular weight excluding hydrogens is 332 g/mol. The predicted molar refractivity (Wildman–Crippen MR) is 89.5 cm³/mol. The molecule has 1 aromatic carbocycles. The van der Waals surface area contributed by atoms with Gasteiger partial charge in [0.2, 0.25) is 0 Å². The van der Waals surface area contributed by atoms with Crippen LogP contribution < -0.4 is 15.8 Å². The van der Waals surface area contributed by atoms with Gasteiger partial charge in [0, 0.05) is 11.6 Å². The maximum absolute atomic E-state index is 12.0. The van der Waals surface area contributed by atoms with Gasteiger partial charge in [-0.3, -0.25) is 4.79 Å². The first-order valence-electron chi connectivity index (χ1n) is 7.11. The molecular formula is C16H25BrN2O2. The highest BCUT2D eigenvalue weighted by Gasteiger charge is 2.21. The normalized spacial score (nSPS) is 14.4. The summed E-state index contributed by atoms with van der Waals surface area (Å²) in [5.41, 5.74) is 6.66. The lowest BCUT2D eigenvalue weighted by molar-refractivity contribution is -0.128. The van der Waals surface area contributed by atoms with E-state index in [9.17, 15) is 4.79 Å². The average molecular weight is 357 g/mol. The van der Waals surface area contributed by atoms with Crippen molar-refractivity contribution in [1.29, 1.82) is 0 Å². The van der Waals surface area contributed by atoms with Crippen LogP contribution >= 0.6 is 15.9 Å². The number of carbonyl (C=O) groups is 1. The molecule has 2 atom stereocenters. The molecule has 4 nitrogen and oxygen atoms in total. The Hall–Kier alpha value is -1.07. The van der Waals surface area contributed by atoms with Crippen molar-refractivity contribution in [2.45, 2.75) is 58.7 Å². The number of benzene rings is 1. The largest absolute Gasteiger partial charge is 0.480 e. The average Bonchev–Trinajstić information content (AvgIpc) is 2.29. The summed E-state index contributed by atoms with van der Waals surface area (Å²) < 4.78 is 6.55. The fourth-order valence-electron chi connectivity index (χ4n) is 1.85. The first-order chi connectivity index (χ1) is 9.58. The standard InChI is InChI=1S/C16H25BrN2O2/c1-10(18)8-12-6-7-14(13(17)9-12)21-11(2)15(20)19-16(3,4)5/h6-7,9-11H,8,18H2,1-5H3,(H,19,20). The van der Waals surface area contributed by atoms with E-state index in [-0.39, 0.29) is 17.5 Å². The summed E-state index contributed by atoms with van der Waals surface area (Å²) in [6.45, 7) is 9.53. The summed E-state index contributed by atoms with van der Waals surface area (Å²) in [6.07, 6.45) is 0.249. The van der Waals surface area contributed by atoms with Crippen LogP contribution in [0.15, 0.2) is 22.7 Å². The minimum atomic E-state index is -0.556. The third-order valence-corrected chi connectivity index (χ3v) is 3.34. The number of ether oxygens (including phenoxy) is 1. The van der Waals surface area contributed by atoms with E-state index in [4.69, 9.17) is 10.5 Å². The lowest BCUT2D eigenvalue weighted by Gasteiger charge is -2.24. The van der Waals surface area contributed by atoms with E-state index in [0.717, 1.165) is 16.5 Å². The number of nitrogens with one attached hydrogen (secondary N) is 1. The van der Waals surface area contributed by atoms with Crippen molar-refractivity contribution in [1.82, 2.24) is 5.32 Å². The highest BCUT2D eigenvalue weighted by Crippen LogP contribution is 2.27. The van der Waals surface area contributed by atoms with Crippen molar-refractivity contribution in [3.05, 3.63) is 28.2 Å². The van der Waals surface area contributed by atoms with E-state index in [1.165, 1.54) is 0 Å². The predicted octanol–water partition coefficient (Wildman–Crippen LogP) is 3.02. The zero-order chi connectivity index (χ0) is 16.2. The molecule has 1 amide bonds. The lowest BCUT2D eigenvalue weighted by Crippen LogP contribution is -2.46. The van der Waals surface area contributed by atoms with Crippen LogP contribution in [0.4, 0.5) is 0 Å². The zero-order valence-electron chi connectivity index (χ0n) is 13.4. The van der Waals surface area contributed by atoms with E-state index >= 15 is 0 Å².